The summed E-state index contributed by atoms with van der Waals surface area (Å²) in [5, 5.41) is 6.62. The molecule has 0 amide bonds. The number of ether oxygens (including phenoxy) is 1. The summed E-state index contributed by atoms with van der Waals surface area (Å²) in [4.78, 5) is 11.0. The van der Waals surface area contributed by atoms with E-state index in [9.17, 15) is 0 Å². The molecule has 6 heteroatoms. The highest BCUT2D eigenvalue weighted by molar-refractivity contribution is 5.65. The van der Waals surface area contributed by atoms with Crippen molar-refractivity contribution < 1.29 is 4.74 Å². The molecule has 0 saturated heterocycles. The molecule has 0 aliphatic carbocycles. The Hall–Kier alpha value is -3.28. The van der Waals surface area contributed by atoms with E-state index in [-0.39, 0.29) is 0 Å². The Labute approximate surface area is 153 Å². The molecule has 0 saturated carbocycles. The lowest BCUT2D eigenvalue weighted by Crippen LogP contribution is -2.08. The third kappa shape index (κ3) is 4.42. The first-order valence-electron chi connectivity index (χ1n) is 8.34. The number of hydrogen-bond acceptors (Lipinski definition) is 6. The molecule has 0 radical (unpaired) electrons. The summed E-state index contributed by atoms with van der Waals surface area (Å²) in [7, 11) is 5.69. The zero-order valence-corrected chi connectivity index (χ0v) is 15.4. The molecule has 0 aliphatic heterocycles. The molecule has 134 valence electrons. The Morgan fingerprint density at radius 1 is 0.808 bits per heavy atom. The predicted molar refractivity (Wildman–Crippen MR) is 107 cm³/mol. The van der Waals surface area contributed by atoms with Crippen LogP contribution in [0.5, 0.6) is 5.75 Å². The van der Waals surface area contributed by atoms with Gasteiger partial charge in [-0.25, -0.2) is 9.97 Å². The number of hydrogen-bond donors (Lipinski definition) is 2. The number of benzene rings is 2. The average molecular weight is 349 g/mol. The van der Waals surface area contributed by atoms with Crippen molar-refractivity contribution in [1.82, 2.24) is 9.97 Å². The van der Waals surface area contributed by atoms with Crippen molar-refractivity contribution in [2.24, 2.45) is 0 Å². The molecule has 0 spiro atoms. The number of anilines is 5. The van der Waals surface area contributed by atoms with Crippen LogP contribution in [0, 0.1) is 6.92 Å². The van der Waals surface area contributed by atoms with Gasteiger partial charge in [-0.05, 0) is 55.5 Å². The van der Waals surface area contributed by atoms with Gasteiger partial charge in [-0.15, -0.1) is 0 Å². The van der Waals surface area contributed by atoms with Crippen molar-refractivity contribution >= 4 is 28.7 Å². The summed E-state index contributed by atoms with van der Waals surface area (Å²) < 4.78 is 5.18. The zero-order chi connectivity index (χ0) is 18.5. The van der Waals surface area contributed by atoms with E-state index in [1.165, 1.54) is 0 Å². The first-order valence-corrected chi connectivity index (χ1v) is 8.34. The highest BCUT2D eigenvalue weighted by atomic mass is 16.5. The Kier molecular flexibility index (Phi) is 5.22. The normalized spacial score (nSPS) is 10.3. The van der Waals surface area contributed by atoms with Crippen molar-refractivity contribution in [3.8, 4) is 5.75 Å². The molecule has 3 aromatic rings. The Morgan fingerprint density at radius 3 is 1.77 bits per heavy atom. The van der Waals surface area contributed by atoms with Crippen molar-refractivity contribution in [1.29, 1.82) is 0 Å². The van der Waals surface area contributed by atoms with Crippen LogP contribution < -0.4 is 20.3 Å². The van der Waals surface area contributed by atoms with Crippen LogP contribution in [0.25, 0.3) is 0 Å². The minimum absolute atomic E-state index is 0.691. The maximum absolute atomic E-state index is 5.18. The maximum Gasteiger partial charge on any atom is 0.136 e. The van der Waals surface area contributed by atoms with Crippen molar-refractivity contribution in [2.45, 2.75) is 6.92 Å². The van der Waals surface area contributed by atoms with Crippen LogP contribution in [0.1, 0.15) is 5.82 Å². The quantitative estimate of drug-likeness (QED) is 0.690. The third-order valence-electron chi connectivity index (χ3n) is 3.86. The first-order chi connectivity index (χ1) is 12.5. The molecule has 0 unspecified atom stereocenters. The fourth-order valence-electron chi connectivity index (χ4n) is 2.51. The van der Waals surface area contributed by atoms with Crippen LogP contribution in [0.2, 0.25) is 0 Å². The smallest absolute Gasteiger partial charge is 0.136 e. The molecule has 2 aromatic carbocycles. The van der Waals surface area contributed by atoms with Crippen LogP contribution >= 0.6 is 0 Å². The van der Waals surface area contributed by atoms with Gasteiger partial charge in [0.2, 0.25) is 0 Å². The minimum atomic E-state index is 0.691. The number of rotatable bonds is 6. The summed E-state index contributed by atoms with van der Waals surface area (Å²) in [5.74, 6) is 2.98. The van der Waals surface area contributed by atoms with Crippen LogP contribution in [0.4, 0.5) is 28.7 Å². The van der Waals surface area contributed by atoms with Gasteiger partial charge in [0.05, 0.1) is 7.11 Å². The fourth-order valence-corrected chi connectivity index (χ4v) is 2.51. The van der Waals surface area contributed by atoms with E-state index in [0.717, 1.165) is 34.4 Å². The molecule has 0 atom stereocenters. The summed E-state index contributed by atoms with van der Waals surface area (Å²) in [6, 6.07) is 17.8. The van der Waals surface area contributed by atoms with Gasteiger partial charge in [-0.1, -0.05) is 0 Å². The molecular weight excluding hydrogens is 326 g/mol. The van der Waals surface area contributed by atoms with E-state index in [1.54, 1.807) is 7.11 Å². The van der Waals surface area contributed by atoms with E-state index in [2.05, 4.69) is 37.6 Å². The fraction of sp³-hybridized carbons (Fsp3) is 0.200. The van der Waals surface area contributed by atoms with Gasteiger partial charge in [0.25, 0.3) is 0 Å². The van der Waals surface area contributed by atoms with E-state index >= 15 is 0 Å². The lowest BCUT2D eigenvalue weighted by Gasteiger charge is -2.14. The van der Waals surface area contributed by atoms with Crippen molar-refractivity contribution in [3.63, 3.8) is 0 Å². The second kappa shape index (κ2) is 7.74. The molecular formula is C20H23N5O. The van der Waals surface area contributed by atoms with Crippen LogP contribution in [-0.4, -0.2) is 31.2 Å². The zero-order valence-electron chi connectivity index (χ0n) is 15.4. The summed E-state index contributed by atoms with van der Waals surface area (Å²) in [6.07, 6.45) is 0. The summed E-state index contributed by atoms with van der Waals surface area (Å²) in [6.45, 7) is 1.87. The molecule has 0 aliphatic rings. The molecule has 26 heavy (non-hydrogen) atoms. The van der Waals surface area contributed by atoms with Crippen molar-refractivity contribution in [2.75, 3.05) is 36.7 Å². The molecule has 3 rings (SSSR count). The monoisotopic (exact) mass is 349 g/mol. The summed E-state index contributed by atoms with van der Waals surface area (Å²) in [5.41, 5.74) is 3.06. The third-order valence-corrected chi connectivity index (χ3v) is 3.86. The predicted octanol–water partition coefficient (Wildman–Crippen LogP) is 4.35. The Bertz CT molecular complexity index is 860. The standard InChI is InChI=1S/C20H23N5O/c1-14-21-19(23-15-5-9-17(10-6-15)25(2)3)13-20(22-14)24-16-7-11-18(26-4)12-8-16/h5-13H,1-4H3,(H2,21,22,23,24). The van der Waals surface area contributed by atoms with E-state index in [4.69, 9.17) is 4.74 Å². The highest BCUT2D eigenvalue weighted by Gasteiger charge is 2.04. The van der Waals surface area contributed by atoms with E-state index in [1.807, 2.05) is 63.5 Å². The van der Waals surface area contributed by atoms with Gasteiger partial charge in [0.15, 0.2) is 0 Å². The number of nitrogens with zero attached hydrogens (tertiary/aromatic N) is 3. The molecule has 1 heterocycles. The number of methoxy groups -OCH3 is 1. The van der Waals surface area contributed by atoms with Gasteiger partial charge in [0.1, 0.15) is 23.2 Å². The topological polar surface area (TPSA) is 62.3 Å². The lowest BCUT2D eigenvalue weighted by molar-refractivity contribution is 0.415. The number of aryl methyl sites for hydroxylation is 1. The highest BCUT2D eigenvalue weighted by Crippen LogP contribution is 2.23. The second-order valence-electron chi connectivity index (χ2n) is 6.11. The molecule has 2 N–H and O–H groups in total. The average Bonchev–Trinajstić information content (AvgIpc) is 2.62. The number of nitrogens with one attached hydrogen (secondary N) is 2. The van der Waals surface area contributed by atoms with E-state index < -0.39 is 0 Å². The number of aromatic nitrogens is 2. The van der Waals surface area contributed by atoms with Gasteiger partial charge in [-0.2, -0.15) is 0 Å². The van der Waals surface area contributed by atoms with Crippen LogP contribution in [0.3, 0.4) is 0 Å². The van der Waals surface area contributed by atoms with Crippen LogP contribution in [0.15, 0.2) is 54.6 Å². The molecule has 1 aromatic heterocycles. The maximum atomic E-state index is 5.18. The molecule has 6 nitrogen and oxygen atoms in total. The van der Waals surface area contributed by atoms with Gasteiger partial charge >= 0.3 is 0 Å². The van der Waals surface area contributed by atoms with Gasteiger partial charge in [0, 0.05) is 37.2 Å². The Morgan fingerprint density at radius 2 is 1.31 bits per heavy atom. The minimum Gasteiger partial charge on any atom is -0.497 e. The van der Waals surface area contributed by atoms with Crippen LogP contribution in [-0.2, 0) is 0 Å². The second-order valence-corrected chi connectivity index (χ2v) is 6.11. The summed E-state index contributed by atoms with van der Waals surface area (Å²) >= 11 is 0. The van der Waals surface area contributed by atoms with E-state index in [0.29, 0.717) is 5.82 Å². The van der Waals surface area contributed by atoms with Gasteiger partial charge in [-0.3, -0.25) is 0 Å². The Balaban J connectivity index is 1.76. The van der Waals surface area contributed by atoms with Crippen molar-refractivity contribution in [3.05, 3.63) is 60.4 Å². The SMILES string of the molecule is COc1ccc(Nc2cc(Nc3ccc(N(C)C)cc3)nc(C)n2)cc1. The molecule has 0 fully saturated rings. The first kappa shape index (κ1) is 17.5. The molecule has 0 bridgehead atoms. The lowest BCUT2D eigenvalue weighted by atomic mass is 10.2. The van der Waals surface area contributed by atoms with Gasteiger partial charge < -0.3 is 20.3 Å². The largest absolute Gasteiger partial charge is 0.497 e.